The summed E-state index contributed by atoms with van der Waals surface area (Å²) >= 11 is 2.81. The van der Waals surface area contributed by atoms with Crippen molar-refractivity contribution in [1.29, 1.82) is 0 Å². The van der Waals surface area contributed by atoms with Crippen LogP contribution in [0.25, 0.3) is 0 Å². The first-order chi connectivity index (χ1) is 14.6. The zero-order chi connectivity index (χ0) is 21.1. The molecule has 4 rings (SSSR count). The molecule has 3 N–H and O–H groups in total. The number of methoxy groups -OCH3 is 2. The van der Waals surface area contributed by atoms with Crippen molar-refractivity contribution in [2.75, 3.05) is 25.7 Å². The normalized spacial score (nSPS) is 15.9. The summed E-state index contributed by atoms with van der Waals surface area (Å²) in [6, 6.07) is 9.40. The maximum atomic E-state index is 13.1. The van der Waals surface area contributed by atoms with Crippen LogP contribution in [0.15, 0.2) is 46.0 Å². The van der Waals surface area contributed by atoms with E-state index in [4.69, 9.17) is 15.2 Å². The van der Waals surface area contributed by atoms with Crippen LogP contribution in [0.3, 0.4) is 0 Å². The Bertz CT molecular complexity index is 1070. The molecule has 3 heterocycles. The summed E-state index contributed by atoms with van der Waals surface area (Å²) in [6.07, 6.45) is 0.611. The summed E-state index contributed by atoms with van der Waals surface area (Å²) in [5, 5.41) is 15.1. The van der Waals surface area contributed by atoms with Crippen molar-refractivity contribution in [3.63, 3.8) is 0 Å². The largest absolute Gasteiger partial charge is 0.493 e. The van der Waals surface area contributed by atoms with Crippen LogP contribution < -0.4 is 15.2 Å². The number of hydrogen-bond acceptors (Lipinski definition) is 9. The summed E-state index contributed by atoms with van der Waals surface area (Å²) in [5.74, 6) is 1.45. The number of hydrogen-bond donors (Lipinski definition) is 2. The zero-order valence-corrected chi connectivity index (χ0v) is 18.0. The molecule has 30 heavy (non-hydrogen) atoms. The minimum atomic E-state index is -0.243. The molecule has 2 aromatic heterocycles. The molecular formula is C19H20N6O3S2. The predicted octanol–water partition coefficient (Wildman–Crippen LogP) is 2.94. The second-order valence-corrected chi connectivity index (χ2v) is 8.28. The van der Waals surface area contributed by atoms with Crippen molar-refractivity contribution in [2.24, 2.45) is 5.10 Å². The number of thiophene rings is 1. The van der Waals surface area contributed by atoms with Crippen molar-refractivity contribution in [2.45, 2.75) is 17.6 Å². The van der Waals surface area contributed by atoms with E-state index in [-0.39, 0.29) is 23.7 Å². The Morgan fingerprint density at radius 3 is 2.83 bits per heavy atom. The zero-order valence-electron chi connectivity index (χ0n) is 16.4. The first-order valence-corrected chi connectivity index (χ1v) is 10.9. The number of nitrogens with one attached hydrogen (secondary N) is 1. The van der Waals surface area contributed by atoms with Crippen molar-refractivity contribution in [3.8, 4) is 11.5 Å². The summed E-state index contributed by atoms with van der Waals surface area (Å²) in [7, 11) is 3.18. The number of hydrazone groups is 1. The van der Waals surface area contributed by atoms with Gasteiger partial charge in [0, 0.05) is 6.42 Å². The minimum Gasteiger partial charge on any atom is -0.493 e. The van der Waals surface area contributed by atoms with Gasteiger partial charge >= 0.3 is 0 Å². The molecule has 0 spiro atoms. The standard InChI is InChI=1S/C19H20N6O3S2/c1-27-14-6-5-11(8-15(14)28-2)13-9-12(16-4-3-7-29-16)24-25(13)17(26)10-30-19-21-18(20)22-23-19/h3-8,13H,9-10H2,1-2H3,(H3,20,21,22,23)/t13-/m1/s1. The molecular weight excluding hydrogens is 424 g/mol. The molecule has 1 aliphatic rings. The topological polar surface area (TPSA) is 119 Å². The number of H-pyrrole nitrogens is 1. The number of ether oxygens (including phenoxy) is 2. The maximum Gasteiger partial charge on any atom is 0.253 e. The first kappa shape index (κ1) is 20.2. The number of nitrogen functional groups attached to an aromatic ring is 1. The molecule has 156 valence electrons. The van der Waals surface area contributed by atoms with Gasteiger partial charge < -0.3 is 15.2 Å². The average Bonchev–Trinajstić information content (AvgIpc) is 3.51. The third-order valence-electron chi connectivity index (χ3n) is 4.57. The Kier molecular flexibility index (Phi) is 5.91. The van der Waals surface area contributed by atoms with Gasteiger partial charge in [0.05, 0.1) is 36.6 Å². The fourth-order valence-corrected chi connectivity index (χ4v) is 4.55. The van der Waals surface area contributed by atoms with Gasteiger partial charge in [-0.3, -0.25) is 4.79 Å². The minimum absolute atomic E-state index is 0.141. The number of nitrogens with zero attached hydrogens (tertiary/aromatic N) is 4. The molecule has 1 aromatic carbocycles. The lowest BCUT2D eigenvalue weighted by Gasteiger charge is -2.22. The van der Waals surface area contributed by atoms with Crippen LogP contribution in [0.2, 0.25) is 0 Å². The van der Waals surface area contributed by atoms with Crippen LogP contribution in [0.4, 0.5) is 5.95 Å². The highest BCUT2D eigenvalue weighted by Gasteiger charge is 2.34. The van der Waals surface area contributed by atoms with Gasteiger partial charge in [-0.15, -0.1) is 16.4 Å². The number of carbonyl (C=O) groups excluding carboxylic acids is 1. The van der Waals surface area contributed by atoms with E-state index in [1.54, 1.807) is 30.6 Å². The predicted molar refractivity (Wildman–Crippen MR) is 116 cm³/mol. The van der Waals surface area contributed by atoms with E-state index in [1.807, 2.05) is 35.7 Å². The molecule has 9 nitrogen and oxygen atoms in total. The van der Waals surface area contributed by atoms with E-state index in [2.05, 4.69) is 20.3 Å². The molecule has 1 amide bonds. The van der Waals surface area contributed by atoms with Crippen LogP contribution in [0.1, 0.15) is 22.9 Å². The summed E-state index contributed by atoms with van der Waals surface area (Å²) in [4.78, 5) is 18.1. The molecule has 3 aromatic rings. The quantitative estimate of drug-likeness (QED) is 0.538. The van der Waals surface area contributed by atoms with Crippen LogP contribution in [-0.2, 0) is 4.79 Å². The van der Waals surface area contributed by atoms with E-state index < -0.39 is 0 Å². The number of carbonyl (C=O) groups is 1. The van der Waals surface area contributed by atoms with Crippen LogP contribution >= 0.6 is 23.1 Å². The molecule has 0 fully saturated rings. The Balaban J connectivity index is 1.60. The molecule has 0 unspecified atom stereocenters. The molecule has 0 saturated heterocycles. The molecule has 0 aliphatic carbocycles. The molecule has 1 aliphatic heterocycles. The van der Waals surface area contributed by atoms with Crippen molar-refractivity contribution in [3.05, 3.63) is 46.2 Å². The van der Waals surface area contributed by atoms with Gasteiger partial charge in [0.25, 0.3) is 5.91 Å². The lowest BCUT2D eigenvalue weighted by Crippen LogP contribution is -2.28. The molecule has 11 heteroatoms. The van der Waals surface area contributed by atoms with Gasteiger partial charge in [-0.2, -0.15) is 10.1 Å². The monoisotopic (exact) mass is 444 g/mol. The van der Waals surface area contributed by atoms with E-state index in [0.717, 1.165) is 16.2 Å². The van der Waals surface area contributed by atoms with Crippen LogP contribution in [0, 0.1) is 0 Å². The first-order valence-electron chi connectivity index (χ1n) is 9.05. The number of aromatic nitrogens is 3. The third-order valence-corrected chi connectivity index (χ3v) is 6.32. The van der Waals surface area contributed by atoms with Crippen LogP contribution in [-0.4, -0.2) is 51.8 Å². The molecule has 0 radical (unpaired) electrons. The smallest absolute Gasteiger partial charge is 0.253 e. The van der Waals surface area contributed by atoms with E-state index in [9.17, 15) is 4.79 Å². The highest BCUT2D eigenvalue weighted by molar-refractivity contribution is 7.99. The summed E-state index contributed by atoms with van der Waals surface area (Å²) in [5.41, 5.74) is 7.35. The fraction of sp³-hybridized carbons (Fsp3) is 0.263. The number of aromatic amines is 1. The highest BCUT2D eigenvalue weighted by Crippen LogP contribution is 2.38. The van der Waals surface area contributed by atoms with Gasteiger partial charge in [-0.05, 0) is 29.1 Å². The number of amides is 1. The lowest BCUT2D eigenvalue weighted by molar-refractivity contribution is -0.130. The number of rotatable bonds is 7. The maximum absolute atomic E-state index is 13.1. The Hall–Kier alpha value is -3.05. The Labute approximate surface area is 181 Å². The molecule has 1 atom stereocenters. The molecule has 0 saturated carbocycles. The van der Waals surface area contributed by atoms with Crippen LogP contribution in [0.5, 0.6) is 11.5 Å². The van der Waals surface area contributed by atoms with Crippen molar-refractivity contribution < 1.29 is 14.3 Å². The van der Waals surface area contributed by atoms with Gasteiger partial charge in [0.1, 0.15) is 0 Å². The SMILES string of the molecule is COc1ccc([C@H]2CC(c3cccs3)=NN2C(=O)CSc2n[nH]c(N)n2)cc1OC. The summed E-state index contributed by atoms with van der Waals surface area (Å²) < 4.78 is 10.8. The molecule has 0 bridgehead atoms. The third kappa shape index (κ3) is 4.12. The fourth-order valence-electron chi connectivity index (χ4n) is 3.17. The lowest BCUT2D eigenvalue weighted by atomic mass is 10.0. The Morgan fingerprint density at radius 1 is 1.33 bits per heavy atom. The van der Waals surface area contributed by atoms with Gasteiger partial charge in [-0.1, -0.05) is 23.9 Å². The van der Waals surface area contributed by atoms with Gasteiger partial charge in [-0.25, -0.2) is 10.1 Å². The Morgan fingerprint density at radius 2 is 2.17 bits per heavy atom. The van der Waals surface area contributed by atoms with E-state index in [1.165, 1.54) is 11.8 Å². The number of thioether (sulfide) groups is 1. The number of benzene rings is 1. The van der Waals surface area contributed by atoms with Gasteiger partial charge in [0.2, 0.25) is 11.1 Å². The van der Waals surface area contributed by atoms with E-state index in [0.29, 0.717) is 23.1 Å². The number of anilines is 1. The second kappa shape index (κ2) is 8.76. The van der Waals surface area contributed by atoms with Crippen molar-refractivity contribution in [1.82, 2.24) is 20.2 Å². The summed E-state index contributed by atoms with van der Waals surface area (Å²) in [6.45, 7) is 0. The number of nitrogens with two attached hydrogens (primary N) is 1. The second-order valence-electron chi connectivity index (χ2n) is 6.39. The highest BCUT2D eigenvalue weighted by atomic mass is 32.2. The van der Waals surface area contributed by atoms with E-state index >= 15 is 0 Å². The van der Waals surface area contributed by atoms with Gasteiger partial charge in [0.15, 0.2) is 11.5 Å². The van der Waals surface area contributed by atoms with Crippen molar-refractivity contribution >= 4 is 40.7 Å². The average molecular weight is 445 g/mol.